The average Bonchev–Trinajstić information content (AvgIpc) is 3.79. The van der Waals surface area contributed by atoms with E-state index in [1.165, 1.54) is 83.7 Å². The van der Waals surface area contributed by atoms with Gasteiger partial charge in [-0.15, -0.1) is 40.1 Å². The van der Waals surface area contributed by atoms with Gasteiger partial charge in [0, 0.05) is 0 Å². The first-order chi connectivity index (χ1) is 18.6. The minimum atomic E-state index is 0. The first-order valence-corrected chi connectivity index (χ1v) is 16.1. The van der Waals surface area contributed by atoms with Gasteiger partial charge in [0.1, 0.15) is 0 Å². The van der Waals surface area contributed by atoms with Crippen LogP contribution in [0.2, 0.25) is 0 Å². The zero-order chi connectivity index (χ0) is 26.3. The molecule has 3 aliphatic carbocycles. The van der Waals surface area contributed by atoms with Crippen LogP contribution in [0.15, 0.2) is 85.0 Å². The summed E-state index contributed by atoms with van der Waals surface area (Å²) < 4.78 is 1.91. The molecule has 0 amide bonds. The van der Waals surface area contributed by atoms with E-state index >= 15 is 0 Å². The molecule has 2 fully saturated rings. The molecule has 0 nitrogen and oxygen atoms in total. The van der Waals surface area contributed by atoms with Gasteiger partial charge in [0.2, 0.25) is 0 Å². The third kappa shape index (κ3) is 7.91. The first-order valence-electron chi connectivity index (χ1n) is 14.9. The van der Waals surface area contributed by atoms with Gasteiger partial charge in [-0.2, -0.15) is 6.08 Å². The molecular weight excluding hydrogens is 607 g/mol. The van der Waals surface area contributed by atoms with E-state index in [1.54, 1.807) is 24.2 Å². The van der Waals surface area contributed by atoms with Gasteiger partial charge in [0.25, 0.3) is 0 Å². The van der Waals surface area contributed by atoms with E-state index in [9.17, 15) is 0 Å². The molecule has 4 aromatic carbocycles. The van der Waals surface area contributed by atoms with Gasteiger partial charge < -0.3 is 24.8 Å². The van der Waals surface area contributed by atoms with Gasteiger partial charge in [-0.05, 0) is 0 Å². The van der Waals surface area contributed by atoms with E-state index in [1.807, 2.05) is 15.4 Å². The molecule has 210 valence electrons. The van der Waals surface area contributed by atoms with Crippen LogP contribution in [0, 0.1) is 29.7 Å². The molecule has 7 rings (SSSR count). The van der Waals surface area contributed by atoms with Crippen molar-refractivity contribution in [1.82, 2.24) is 0 Å². The molecule has 2 saturated carbocycles. The molecule has 3 aliphatic rings. The van der Waals surface area contributed by atoms with E-state index in [0.717, 1.165) is 30.1 Å². The molecular formula is C37H42Cl2Zr-2. The van der Waals surface area contributed by atoms with E-state index in [-0.39, 0.29) is 24.8 Å². The van der Waals surface area contributed by atoms with Crippen LogP contribution in [0.4, 0.5) is 0 Å². The van der Waals surface area contributed by atoms with E-state index in [2.05, 4.69) is 92.7 Å². The van der Waals surface area contributed by atoms with Crippen molar-refractivity contribution in [3.63, 3.8) is 0 Å². The average molecular weight is 649 g/mol. The molecule has 40 heavy (non-hydrogen) atoms. The molecule has 0 radical (unpaired) electrons. The molecule has 0 spiro atoms. The molecule has 0 aromatic heterocycles. The van der Waals surface area contributed by atoms with Gasteiger partial charge in [0.15, 0.2) is 0 Å². The van der Waals surface area contributed by atoms with Crippen LogP contribution in [0.5, 0.6) is 0 Å². The molecule has 0 N–H and O–H groups in total. The normalized spacial score (nSPS) is 18.0. The Labute approximate surface area is 269 Å². The molecule has 3 heteroatoms. The second-order valence-electron chi connectivity index (χ2n) is 11.6. The Morgan fingerprint density at radius 3 is 1.88 bits per heavy atom. The monoisotopic (exact) mass is 646 g/mol. The summed E-state index contributed by atoms with van der Waals surface area (Å²) in [6.07, 6.45) is 22.0. The fourth-order valence-electron chi connectivity index (χ4n) is 6.89. The summed E-state index contributed by atoms with van der Waals surface area (Å²) in [5, 5.41) is 8.08. The Balaban J connectivity index is 0.000000181. The van der Waals surface area contributed by atoms with Crippen molar-refractivity contribution in [2.24, 2.45) is 23.7 Å². The van der Waals surface area contributed by atoms with Gasteiger partial charge >= 0.3 is 116 Å². The van der Waals surface area contributed by atoms with Crippen LogP contribution in [-0.4, -0.2) is 3.21 Å². The smallest absolute Gasteiger partial charge is 0.0520 e. The summed E-state index contributed by atoms with van der Waals surface area (Å²) in [7, 11) is 0. The standard InChI is InChI=1S/C17H11.C15H26.C5H5.2ClH.Zr/c1-3-7-14-12(5-1)9-10-16-15-8-4-2-6-13(15)11-17(14)16;1-12(14-7-3-4-8-14)11-13(2)15-9-5-6-10-15;1-2-4-5-3-1;;;/h1-11H;12-15H,3-10H2,1-2H3;1-3H,4H2;2*1H;/q-1;;-1;;;+2/p-2. The van der Waals surface area contributed by atoms with Crippen molar-refractivity contribution in [2.45, 2.75) is 71.6 Å². The molecule has 0 aliphatic heterocycles. The predicted molar refractivity (Wildman–Crippen MR) is 163 cm³/mol. The van der Waals surface area contributed by atoms with Crippen LogP contribution in [-0.2, 0) is 24.2 Å². The van der Waals surface area contributed by atoms with Crippen LogP contribution >= 0.6 is 0 Å². The summed E-state index contributed by atoms with van der Waals surface area (Å²) >= 11 is 1.73. The molecule has 2 unspecified atom stereocenters. The maximum Gasteiger partial charge on any atom is -0.0520 e. The Morgan fingerprint density at radius 1 is 0.750 bits per heavy atom. The quantitative estimate of drug-likeness (QED) is 0.286. The van der Waals surface area contributed by atoms with Crippen molar-refractivity contribution in [3.8, 4) is 0 Å². The Hall–Kier alpha value is -1.40. The van der Waals surface area contributed by atoms with Gasteiger partial charge in [-0.25, -0.2) is 12.2 Å². The SMILES string of the molecule is CC([C](=[Zr+2])C(C)C1CCCC1)C1CCCC1.[C-]1=CC=CC1.[Cl-].[Cl-].c1ccc2c(c1)ccc1c3ccccc3[cH-]c21. The van der Waals surface area contributed by atoms with Crippen LogP contribution < -0.4 is 24.8 Å². The first kappa shape index (κ1) is 33.1. The zero-order valence-electron chi connectivity index (χ0n) is 24.0. The predicted octanol–water partition coefficient (Wildman–Crippen LogP) is 4.54. The van der Waals surface area contributed by atoms with Crippen molar-refractivity contribution >= 4 is 35.5 Å². The molecule has 0 heterocycles. The zero-order valence-corrected chi connectivity index (χ0v) is 28.0. The number of fused-ring (bicyclic) bond motifs is 5. The Bertz CT molecular complexity index is 1380. The number of hydrogen-bond donors (Lipinski definition) is 0. The number of benzene rings is 3. The van der Waals surface area contributed by atoms with E-state index in [0.29, 0.717) is 0 Å². The molecule has 0 saturated heterocycles. The van der Waals surface area contributed by atoms with Crippen LogP contribution in [0.3, 0.4) is 0 Å². The molecule has 4 aromatic rings. The van der Waals surface area contributed by atoms with Gasteiger partial charge in [-0.1, -0.05) is 65.4 Å². The second-order valence-corrected chi connectivity index (χ2v) is 13.0. The number of allylic oxidation sites excluding steroid dienone is 4. The van der Waals surface area contributed by atoms with Gasteiger partial charge in [-0.3, -0.25) is 6.08 Å². The maximum atomic E-state index is 2.99. The van der Waals surface area contributed by atoms with Crippen molar-refractivity contribution in [3.05, 3.63) is 91.0 Å². The number of hydrogen-bond acceptors (Lipinski definition) is 0. The minimum Gasteiger partial charge on any atom is -1.00 e. The van der Waals surface area contributed by atoms with Crippen LogP contribution in [0.1, 0.15) is 71.6 Å². The second kappa shape index (κ2) is 16.3. The summed E-state index contributed by atoms with van der Waals surface area (Å²) in [5.74, 6) is 3.93. The van der Waals surface area contributed by atoms with Crippen molar-refractivity contribution in [2.75, 3.05) is 0 Å². The fraction of sp³-hybridized carbons (Fsp3) is 0.405. The van der Waals surface area contributed by atoms with Crippen molar-refractivity contribution in [1.29, 1.82) is 0 Å². The third-order valence-electron chi connectivity index (χ3n) is 9.30. The molecule has 0 bridgehead atoms. The third-order valence-corrected chi connectivity index (χ3v) is 11.5. The largest absolute Gasteiger partial charge is 1.00 e. The number of rotatable bonds is 4. The van der Waals surface area contributed by atoms with E-state index in [4.69, 9.17) is 0 Å². The summed E-state index contributed by atoms with van der Waals surface area (Å²) in [6.45, 7) is 5.04. The maximum absolute atomic E-state index is 2.99. The topological polar surface area (TPSA) is 0 Å². The summed E-state index contributed by atoms with van der Waals surface area (Å²) in [6, 6.07) is 23.9. The van der Waals surface area contributed by atoms with Gasteiger partial charge in [0.05, 0.1) is 0 Å². The Morgan fingerprint density at radius 2 is 1.32 bits per heavy atom. The van der Waals surface area contributed by atoms with Crippen molar-refractivity contribution < 1.29 is 49.0 Å². The van der Waals surface area contributed by atoms with E-state index < -0.39 is 0 Å². The number of halogens is 2. The summed E-state index contributed by atoms with van der Waals surface area (Å²) in [4.78, 5) is 0. The fourth-order valence-corrected chi connectivity index (χ4v) is 8.05. The molecule has 2 atom stereocenters. The Kier molecular flexibility index (Phi) is 13.5. The van der Waals surface area contributed by atoms with Crippen LogP contribution in [0.25, 0.3) is 32.3 Å². The summed E-state index contributed by atoms with van der Waals surface area (Å²) in [5.41, 5.74) is 0. The minimum absolute atomic E-state index is 0.